The van der Waals surface area contributed by atoms with Crippen molar-refractivity contribution in [3.05, 3.63) is 45.4 Å². The van der Waals surface area contributed by atoms with Gasteiger partial charge in [-0.3, -0.25) is 0 Å². The summed E-state index contributed by atoms with van der Waals surface area (Å²) >= 11 is 3.32. The first-order valence-electron chi connectivity index (χ1n) is 6.61. The fraction of sp³-hybridized carbons (Fsp3) is 0.429. The van der Waals surface area contributed by atoms with E-state index in [-0.39, 0.29) is 0 Å². The van der Waals surface area contributed by atoms with Crippen LogP contribution in [0.15, 0.2) is 22.7 Å². The molecular weight excluding hydrogens is 347 g/mol. The van der Waals surface area contributed by atoms with Crippen LogP contribution in [0.1, 0.15) is 41.5 Å². The molecule has 2 aromatic rings. The second kappa shape index (κ2) is 5.12. The maximum Gasteiger partial charge on any atom is 0.416 e. The minimum atomic E-state index is -4.34. The van der Waals surface area contributed by atoms with Crippen LogP contribution in [0.5, 0.6) is 0 Å². The average molecular weight is 360 g/mol. The summed E-state index contributed by atoms with van der Waals surface area (Å²) in [6.45, 7) is 2.16. The molecule has 1 aromatic carbocycles. The van der Waals surface area contributed by atoms with E-state index in [1.165, 1.54) is 12.1 Å². The highest BCUT2D eigenvalue weighted by Crippen LogP contribution is 2.39. The van der Waals surface area contributed by atoms with E-state index in [0.29, 0.717) is 22.5 Å². The fourth-order valence-corrected chi connectivity index (χ4v) is 2.65. The molecule has 1 aliphatic carbocycles. The van der Waals surface area contributed by atoms with Gasteiger partial charge in [-0.05, 0) is 43.5 Å². The monoisotopic (exact) mass is 359 g/mol. The van der Waals surface area contributed by atoms with Gasteiger partial charge in [-0.2, -0.15) is 13.2 Å². The van der Waals surface area contributed by atoms with Crippen LogP contribution in [0, 0.1) is 6.92 Å². The Hall–Kier alpha value is -1.37. The summed E-state index contributed by atoms with van der Waals surface area (Å²) in [7, 11) is 0. The molecule has 0 saturated heterocycles. The van der Waals surface area contributed by atoms with Crippen LogP contribution < -0.4 is 0 Å². The molecule has 0 amide bonds. The molecule has 1 fully saturated rings. The van der Waals surface area contributed by atoms with Gasteiger partial charge < -0.3 is 4.57 Å². The smallest absolute Gasteiger partial charge is 0.310 e. The fourth-order valence-electron chi connectivity index (χ4n) is 2.28. The molecule has 1 aliphatic rings. The van der Waals surface area contributed by atoms with Gasteiger partial charge in [0.15, 0.2) is 0 Å². The lowest BCUT2D eigenvalue weighted by Gasteiger charge is -2.13. The number of hydrogen-bond donors (Lipinski definition) is 0. The highest BCUT2D eigenvalue weighted by Gasteiger charge is 2.32. The molecule has 0 bridgehead atoms. The lowest BCUT2D eigenvalue weighted by Crippen LogP contribution is -2.10. The van der Waals surface area contributed by atoms with Crippen molar-refractivity contribution in [1.82, 2.24) is 14.8 Å². The number of rotatable bonds is 3. The van der Waals surface area contributed by atoms with Gasteiger partial charge >= 0.3 is 6.18 Å². The third-order valence-corrected chi connectivity index (χ3v) is 4.38. The summed E-state index contributed by atoms with van der Waals surface area (Å²) < 4.78 is 41.0. The van der Waals surface area contributed by atoms with Gasteiger partial charge in [-0.15, -0.1) is 10.2 Å². The summed E-state index contributed by atoms with van der Waals surface area (Å²) in [5, 5.41) is 8.20. The molecular formula is C14H13BrF3N3. The Balaban J connectivity index is 1.96. The Morgan fingerprint density at radius 3 is 2.62 bits per heavy atom. The maximum absolute atomic E-state index is 12.8. The third-order valence-electron chi connectivity index (χ3n) is 3.61. The summed E-state index contributed by atoms with van der Waals surface area (Å²) in [5.74, 6) is 1.99. The maximum atomic E-state index is 12.8. The van der Waals surface area contributed by atoms with Crippen molar-refractivity contribution in [3.8, 4) is 0 Å². The Morgan fingerprint density at radius 1 is 1.29 bits per heavy atom. The van der Waals surface area contributed by atoms with Crippen molar-refractivity contribution in [2.75, 3.05) is 0 Å². The van der Waals surface area contributed by atoms with E-state index >= 15 is 0 Å². The van der Waals surface area contributed by atoms with E-state index in [1.54, 1.807) is 0 Å². The van der Waals surface area contributed by atoms with Crippen LogP contribution in [0.25, 0.3) is 0 Å². The SMILES string of the molecule is Cc1nnc(C2CC2)n1Cc1cc(C(F)(F)F)ccc1Br. The third kappa shape index (κ3) is 2.97. The topological polar surface area (TPSA) is 30.7 Å². The van der Waals surface area contributed by atoms with Gasteiger partial charge in [0.25, 0.3) is 0 Å². The minimum absolute atomic E-state index is 0.342. The molecule has 0 N–H and O–H groups in total. The predicted molar refractivity (Wildman–Crippen MR) is 75.0 cm³/mol. The molecule has 3 nitrogen and oxygen atoms in total. The van der Waals surface area contributed by atoms with E-state index in [4.69, 9.17) is 0 Å². The second-order valence-corrected chi connectivity index (χ2v) is 6.12. The zero-order valence-corrected chi connectivity index (χ0v) is 12.9. The minimum Gasteiger partial charge on any atom is -0.310 e. The molecule has 0 atom stereocenters. The molecule has 3 rings (SSSR count). The van der Waals surface area contributed by atoms with E-state index in [1.807, 2.05) is 11.5 Å². The summed E-state index contributed by atoms with van der Waals surface area (Å²) in [6, 6.07) is 3.70. The molecule has 112 valence electrons. The highest BCUT2D eigenvalue weighted by atomic mass is 79.9. The second-order valence-electron chi connectivity index (χ2n) is 5.27. The normalized spacial score (nSPS) is 15.5. The summed E-state index contributed by atoms with van der Waals surface area (Å²) in [4.78, 5) is 0. The lowest BCUT2D eigenvalue weighted by atomic mass is 10.1. The first-order valence-corrected chi connectivity index (χ1v) is 7.41. The standard InChI is InChI=1S/C14H13BrF3N3/c1-8-19-20-13(9-2-3-9)21(8)7-10-6-11(14(16,17)18)4-5-12(10)15/h4-6,9H,2-3,7H2,1H3. The predicted octanol–water partition coefficient (Wildman–Crippen LogP) is 4.29. The van der Waals surface area contributed by atoms with Crippen LogP contribution >= 0.6 is 15.9 Å². The van der Waals surface area contributed by atoms with Crippen molar-refractivity contribution < 1.29 is 13.2 Å². The van der Waals surface area contributed by atoms with Gasteiger partial charge in [0, 0.05) is 10.4 Å². The Bertz CT molecular complexity index is 675. The van der Waals surface area contributed by atoms with Gasteiger partial charge in [0.2, 0.25) is 0 Å². The van der Waals surface area contributed by atoms with Crippen molar-refractivity contribution in [1.29, 1.82) is 0 Å². The van der Waals surface area contributed by atoms with Crippen LogP contribution in [-0.2, 0) is 12.7 Å². The summed E-state index contributed by atoms with van der Waals surface area (Å²) in [5.41, 5.74) is -0.0611. The number of hydrogen-bond acceptors (Lipinski definition) is 2. The quantitative estimate of drug-likeness (QED) is 0.818. The zero-order chi connectivity index (χ0) is 15.2. The first kappa shape index (κ1) is 14.6. The number of aryl methyl sites for hydroxylation is 1. The molecule has 7 heteroatoms. The van der Waals surface area contributed by atoms with Crippen LogP contribution in [0.4, 0.5) is 13.2 Å². The van der Waals surface area contributed by atoms with E-state index in [0.717, 1.165) is 30.6 Å². The number of nitrogens with zero attached hydrogens (tertiary/aromatic N) is 3. The molecule has 1 saturated carbocycles. The molecule has 21 heavy (non-hydrogen) atoms. The van der Waals surface area contributed by atoms with Gasteiger partial charge in [-0.25, -0.2) is 0 Å². The van der Waals surface area contributed by atoms with E-state index < -0.39 is 11.7 Å². The first-order chi connectivity index (χ1) is 9.86. The van der Waals surface area contributed by atoms with Crippen molar-refractivity contribution in [2.45, 2.75) is 38.4 Å². The molecule has 0 aliphatic heterocycles. The molecule has 0 radical (unpaired) electrons. The molecule has 0 spiro atoms. The number of benzene rings is 1. The zero-order valence-electron chi connectivity index (χ0n) is 11.3. The van der Waals surface area contributed by atoms with Crippen molar-refractivity contribution in [2.24, 2.45) is 0 Å². The lowest BCUT2D eigenvalue weighted by molar-refractivity contribution is -0.137. The number of halogens is 4. The number of alkyl halides is 3. The Kier molecular flexibility index (Phi) is 3.55. The van der Waals surface area contributed by atoms with Gasteiger partial charge in [0.05, 0.1) is 12.1 Å². The van der Waals surface area contributed by atoms with Gasteiger partial charge in [0.1, 0.15) is 11.6 Å². The van der Waals surface area contributed by atoms with Crippen LogP contribution in [-0.4, -0.2) is 14.8 Å². The molecule has 0 unspecified atom stereocenters. The summed E-state index contributed by atoms with van der Waals surface area (Å²) in [6.07, 6.45) is -2.19. The Labute approximate surface area is 128 Å². The van der Waals surface area contributed by atoms with Crippen molar-refractivity contribution in [3.63, 3.8) is 0 Å². The van der Waals surface area contributed by atoms with Gasteiger partial charge in [-0.1, -0.05) is 15.9 Å². The molecule has 1 aromatic heterocycles. The van der Waals surface area contributed by atoms with Crippen molar-refractivity contribution >= 4 is 15.9 Å². The molecule has 1 heterocycles. The number of aromatic nitrogens is 3. The Morgan fingerprint density at radius 2 is 2.00 bits per heavy atom. The van der Waals surface area contributed by atoms with E-state index in [2.05, 4.69) is 26.1 Å². The van der Waals surface area contributed by atoms with E-state index in [9.17, 15) is 13.2 Å². The van der Waals surface area contributed by atoms with Crippen LogP contribution in [0.2, 0.25) is 0 Å². The largest absolute Gasteiger partial charge is 0.416 e. The highest BCUT2D eigenvalue weighted by molar-refractivity contribution is 9.10. The average Bonchev–Trinajstić information content (AvgIpc) is 3.17. The van der Waals surface area contributed by atoms with Crippen LogP contribution in [0.3, 0.4) is 0 Å².